The number of ether oxygens (including phenoxy) is 3. The number of rotatable bonds is 6. The second-order valence-corrected chi connectivity index (χ2v) is 7.89. The first kappa shape index (κ1) is 20.7. The number of aromatic nitrogens is 4. The maximum atomic E-state index is 11.8. The van der Waals surface area contributed by atoms with Gasteiger partial charge in [0, 0.05) is 29.9 Å². The van der Waals surface area contributed by atoms with Gasteiger partial charge in [-0.3, -0.25) is 9.48 Å². The first-order valence-corrected chi connectivity index (χ1v) is 10.5. The standard InChI is InChI=1S/C21H21ClN6O4/c1-30-17-13(12-9-25-28(11-12)16-5-6-21(16)31-7-8-32-21)3-2-4-15(17)26-19-14(18(23)29)10-24-20(22)27-19/h2-4,9-11,16H,5-8H2,1H3,(H2,23,29)(H,24,26,27). The number of para-hydroxylation sites is 1. The molecule has 1 amide bonds. The smallest absolute Gasteiger partial charge is 0.254 e. The van der Waals surface area contributed by atoms with E-state index in [-0.39, 0.29) is 22.7 Å². The van der Waals surface area contributed by atoms with E-state index in [1.807, 2.05) is 23.0 Å². The number of amides is 1. The van der Waals surface area contributed by atoms with Crippen molar-refractivity contribution in [2.24, 2.45) is 5.73 Å². The van der Waals surface area contributed by atoms with Crippen LogP contribution in [-0.2, 0) is 9.47 Å². The molecule has 1 aliphatic carbocycles. The molecule has 11 heteroatoms. The number of nitrogens with zero attached hydrogens (tertiary/aromatic N) is 4. The molecule has 0 bridgehead atoms. The molecule has 5 rings (SSSR count). The lowest BCUT2D eigenvalue weighted by Crippen LogP contribution is -2.49. The van der Waals surface area contributed by atoms with Crippen LogP contribution in [0.5, 0.6) is 5.75 Å². The number of hydrogen-bond donors (Lipinski definition) is 2. The summed E-state index contributed by atoms with van der Waals surface area (Å²) in [4.78, 5) is 19.7. The largest absolute Gasteiger partial charge is 0.494 e. The summed E-state index contributed by atoms with van der Waals surface area (Å²) in [6.45, 7) is 1.21. The average molecular weight is 457 g/mol. The maximum Gasteiger partial charge on any atom is 0.254 e. The highest BCUT2D eigenvalue weighted by atomic mass is 35.5. The molecule has 0 radical (unpaired) electrons. The van der Waals surface area contributed by atoms with E-state index in [1.165, 1.54) is 6.20 Å². The number of nitrogens with two attached hydrogens (primary N) is 1. The van der Waals surface area contributed by atoms with Crippen LogP contribution < -0.4 is 15.8 Å². The van der Waals surface area contributed by atoms with Gasteiger partial charge in [0.05, 0.1) is 32.2 Å². The number of methoxy groups -OCH3 is 1. The van der Waals surface area contributed by atoms with Crippen molar-refractivity contribution in [1.82, 2.24) is 19.7 Å². The Morgan fingerprint density at radius 1 is 1.34 bits per heavy atom. The van der Waals surface area contributed by atoms with Crippen LogP contribution in [0.1, 0.15) is 29.2 Å². The topological polar surface area (TPSA) is 126 Å². The highest BCUT2D eigenvalue weighted by Crippen LogP contribution is 2.48. The number of primary amides is 1. The Morgan fingerprint density at radius 3 is 2.84 bits per heavy atom. The van der Waals surface area contributed by atoms with Crippen LogP contribution in [0.3, 0.4) is 0 Å². The van der Waals surface area contributed by atoms with Crippen LogP contribution in [0.4, 0.5) is 11.5 Å². The summed E-state index contributed by atoms with van der Waals surface area (Å²) in [5.41, 5.74) is 7.81. The fourth-order valence-electron chi connectivity index (χ4n) is 4.14. The quantitative estimate of drug-likeness (QED) is 0.542. The zero-order chi connectivity index (χ0) is 22.3. The van der Waals surface area contributed by atoms with Crippen LogP contribution in [0, 0.1) is 0 Å². The fraction of sp³-hybridized carbons (Fsp3) is 0.333. The fourth-order valence-corrected chi connectivity index (χ4v) is 4.28. The van der Waals surface area contributed by atoms with Crippen molar-refractivity contribution in [3.63, 3.8) is 0 Å². The Labute approximate surface area is 188 Å². The van der Waals surface area contributed by atoms with Gasteiger partial charge in [0.1, 0.15) is 23.2 Å². The first-order valence-electron chi connectivity index (χ1n) is 10.1. The molecule has 2 aromatic heterocycles. The second kappa shape index (κ2) is 8.05. The number of nitrogens with one attached hydrogen (secondary N) is 1. The number of halogens is 1. The van der Waals surface area contributed by atoms with E-state index in [0.29, 0.717) is 24.7 Å². The third-order valence-electron chi connectivity index (χ3n) is 5.78. The van der Waals surface area contributed by atoms with Crippen molar-refractivity contribution in [2.45, 2.75) is 24.7 Å². The van der Waals surface area contributed by atoms with Gasteiger partial charge in [-0.2, -0.15) is 10.1 Å². The van der Waals surface area contributed by atoms with Crippen LogP contribution in [0.2, 0.25) is 5.28 Å². The lowest BCUT2D eigenvalue weighted by Gasteiger charge is -2.44. The zero-order valence-corrected chi connectivity index (χ0v) is 18.0. The monoisotopic (exact) mass is 456 g/mol. The zero-order valence-electron chi connectivity index (χ0n) is 17.2. The van der Waals surface area contributed by atoms with Gasteiger partial charge in [0.15, 0.2) is 5.79 Å². The maximum absolute atomic E-state index is 11.8. The van der Waals surface area contributed by atoms with Crippen molar-refractivity contribution < 1.29 is 19.0 Å². The summed E-state index contributed by atoms with van der Waals surface area (Å²) in [5.74, 6) is -0.496. The van der Waals surface area contributed by atoms with Gasteiger partial charge in [0.2, 0.25) is 5.28 Å². The number of carbonyl (C=O) groups excluding carboxylic acids is 1. The predicted molar refractivity (Wildman–Crippen MR) is 116 cm³/mol. The Morgan fingerprint density at radius 2 is 2.16 bits per heavy atom. The molecule has 3 aromatic rings. The molecular weight excluding hydrogens is 436 g/mol. The number of hydrogen-bond acceptors (Lipinski definition) is 8. The van der Waals surface area contributed by atoms with Crippen LogP contribution in [0.15, 0.2) is 36.8 Å². The minimum absolute atomic E-state index is 0.0142. The molecule has 3 heterocycles. The molecule has 10 nitrogen and oxygen atoms in total. The number of carbonyl (C=O) groups is 1. The van der Waals surface area contributed by atoms with Crippen molar-refractivity contribution in [3.8, 4) is 16.9 Å². The molecule has 1 atom stereocenters. The van der Waals surface area contributed by atoms with Gasteiger partial charge in [-0.1, -0.05) is 12.1 Å². The molecule has 32 heavy (non-hydrogen) atoms. The molecule has 166 valence electrons. The number of anilines is 2. The van der Waals surface area contributed by atoms with E-state index < -0.39 is 11.7 Å². The van der Waals surface area contributed by atoms with Crippen LogP contribution in [0.25, 0.3) is 11.1 Å². The lowest BCUT2D eigenvalue weighted by molar-refractivity contribution is -0.242. The van der Waals surface area contributed by atoms with Crippen molar-refractivity contribution in [2.75, 3.05) is 25.6 Å². The van der Waals surface area contributed by atoms with Gasteiger partial charge in [-0.15, -0.1) is 0 Å². The second-order valence-electron chi connectivity index (χ2n) is 7.55. The van der Waals surface area contributed by atoms with Crippen LogP contribution >= 0.6 is 11.6 Å². The van der Waals surface area contributed by atoms with Gasteiger partial charge < -0.3 is 25.3 Å². The minimum Gasteiger partial charge on any atom is -0.494 e. The Kier molecular flexibility index (Phi) is 5.20. The molecule has 1 aromatic carbocycles. The summed E-state index contributed by atoms with van der Waals surface area (Å²) >= 11 is 5.91. The van der Waals surface area contributed by atoms with Gasteiger partial charge in [-0.05, 0) is 24.1 Å². The molecule has 2 fully saturated rings. The normalized spacial score (nSPS) is 19.0. The van der Waals surface area contributed by atoms with E-state index in [4.69, 9.17) is 31.5 Å². The Bertz CT molecular complexity index is 1180. The first-order chi connectivity index (χ1) is 15.5. The van der Waals surface area contributed by atoms with E-state index in [9.17, 15) is 4.79 Å². The molecule has 3 N–H and O–H groups in total. The van der Waals surface area contributed by atoms with Crippen molar-refractivity contribution >= 4 is 29.0 Å². The average Bonchev–Trinajstić information content (AvgIpc) is 3.44. The highest BCUT2D eigenvalue weighted by Gasteiger charge is 2.53. The van der Waals surface area contributed by atoms with Gasteiger partial charge in [0.25, 0.3) is 5.91 Å². The van der Waals surface area contributed by atoms with Gasteiger partial charge >= 0.3 is 0 Å². The molecule has 1 saturated carbocycles. The van der Waals surface area contributed by atoms with Crippen molar-refractivity contribution in [1.29, 1.82) is 0 Å². The molecule has 1 aliphatic heterocycles. The minimum atomic E-state index is -0.675. The number of benzene rings is 1. The lowest BCUT2D eigenvalue weighted by atomic mass is 9.85. The summed E-state index contributed by atoms with van der Waals surface area (Å²) in [6.07, 6.45) is 6.80. The molecule has 1 saturated heterocycles. The summed E-state index contributed by atoms with van der Waals surface area (Å²) in [7, 11) is 1.57. The van der Waals surface area contributed by atoms with E-state index in [2.05, 4.69) is 20.4 Å². The molecule has 2 aliphatic rings. The molecule has 1 spiro atoms. The van der Waals surface area contributed by atoms with E-state index in [0.717, 1.165) is 24.0 Å². The molecule has 1 unspecified atom stereocenters. The van der Waals surface area contributed by atoms with E-state index >= 15 is 0 Å². The summed E-state index contributed by atoms with van der Waals surface area (Å²) in [6, 6.07) is 5.62. The van der Waals surface area contributed by atoms with Crippen LogP contribution in [-0.4, -0.2) is 51.8 Å². The summed E-state index contributed by atoms with van der Waals surface area (Å²) in [5, 5.41) is 7.63. The third kappa shape index (κ3) is 3.46. The highest BCUT2D eigenvalue weighted by molar-refractivity contribution is 6.28. The van der Waals surface area contributed by atoms with E-state index in [1.54, 1.807) is 19.4 Å². The van der Waals surface area contributed by atoms with Crippen molar-refractivity contribution in [3.05, 3.63) is 47.6 Å². The van der Waals surface area contributed by atoms with Gasteiger partial charge in [-0.25, -0.2) is 4.98 Å². The SMILES string of the molecule is COc1c(Nc2nc(Cl)ncc2C(N)=O)cccc1-c1cnn(C2CCC23OCCO3)c1. The Balaban J connectivity index is 1.48. The summed E-state index contributed by atoms with van der Waals surface area (Å²) < 4.78 is 19.3. The third-order valence-corrected chi connectivity index (χ3v) is 5.96. The Hall–Kier alpha value is -3.21. The predicted octanol–water partition coefficient (Wildman–Crippen LogP) is 2.92. The molecular formula is C21H21ClN6O4.